The third kappa shape index (κ3) is 3.00. The highest BCUT2D eigenvalue weighted by Crippen LogP contribution is 2.32. The van der Waals surface area contributed by atoms with Crippen LogP contribution in [0.15, 0.2) is 78.0 Å². The zero-order valence-corrected chi connectivity index (χ0v) is 16.4. The second-order valence-electron chi connectivity index (χ2n) is 6.94. The molecule has 148 valence electrons. The summed E-state index contributed by atoms with van der Waals surface area (Å²) in [5.74, 6) is 1.09. The van der Waals surface area contributed by atoms with Gasteiger partial charge >= 0.3 is 0 Å². The Bertz CT molecular complexity index is 1410. The maximum atomic E-state index is 13.5. The molecule has 0 saturated carbocycles. The Hall–Kier alpha value is -4.00. The van der Waals surface area contributed by atoms with Crippen LogP contribution in [-0.4, -0.2) is 31.3 Å². The normalized spacial score (nSPS) is 11.2. The number of hydrogen-bond acceptors (Lipinski definition) is 5. The van der Waals surface area contributed by atoms with Crippen LogP contribution in [0.3, 0.4) is 0 Å². The molecule has 0 aliphatic heterocycles. The second kappa shape index (κ2) is 7.44. The number of aromatic nitrogens is 5. The van der Waals surface area contributed by atoms with Crippen LogP contribution in [0.25, 0.3) is 27.9 Å². The number of methoxy groups -OCH3 is 1. The van der Waals surface area contributed by atoms with Gasteiger partial charge in [0.2, 0.25) is 0 Å². The summed E-state index contributed by atoms with van der Waals surface area (Å²) < 4.78 is 8.88. The smallest absolute Gasteiger partial charge is 0.262 e. The average molecular weight is 397 g/mol. The van der Waals surface area contributed by atoms with Crippen LogP contribution < -0.4 is 10.3 Å². The van der Waals surface area contributed by atoms with Crippen LogP contribution in [0.2, 0.25) is 0 Å². The van der Waals surface area contributed by atoms with Gasteiger partial charge in [0.15, 0.2) is 0 Å². The molecule has 0 aliphatic rings. The van der Waals surface area contributed by atoms with Gasteiger partial charge in [-0.25, -0.2) is 4.98 Å². The average Bonchev–Trinajstić information content (AvgIpc) is 3.26. The number of hydrogen-bond donors (Lipinski definition) is 0. The van der Waals surface area contributed by atoms with Crippen molar-refractivity contribution >= 4 is 16.7 Å². The first-order valence-electron chi connectivity index (χ1n) is 9.66. The number of fused-ring (bicyclic) bond motifs is 2. The third-order valence-electron chi connectivity index (χ3n) is 5.19. The van der Waals surface area contributed by atoms with Gasteiger partial charge in [0.05, 0.1) is 23.7 Å². The molecule has 0 radical (unpaired) electrons. The molecule has 5 rings (SSSR count). The number of ether oxygens (including phenoxy) is 1. The summed E-state index contributed by atoms with van der Waals surface area (Å²) >= 11 is 0. The highest BCUT2D eigenvalue weighted by atomic mass is 16.5. The predicted octanol–water partition coefficient (Wildman–Crippen LogP) is 3.36. The van der Waals surface area contributed by atoms with Crippen molar-refractivity contribution in [3.63, 3.8) is 0 Å². The fourth-order valence-corrected chi connectivity index (χ4v) is 3.72. The van der Waals surface area contributed by atoms with Gasteiger partial charge in [0.1, 0.15) is 12.1 Å². The van der Waals surface area contributed by atoms with Crippen LogP contribution in [-0.2, 0) is 13.0 Å². The topological polar surface area (TPSA) is 74.3 Å². The Labute approximate surface area is 172 Å². The molecule has 3 aromatic heterocycles. The predicted molar refractivity (Wildman–Crippen MR) is 115 cm³/mol. The summed E-state index contributed by atoms with van der Waals surface area (Å²) in [5, 5.41) is 4.82. The molecule has 0 unspecified atom stereocenters. The van der Waals surface area contributed by atoms with Crippen molar-refractivity contribution in [3.8, 4) is 17.0 Å². The first-order valence-corrected chi connectivity index (χ1v) is 9.66. The summed E-state index contributed by atoms with van der Waals surface area (Å²) in [5.41, 5.74) is 3.04. The van der Waals surface area contributed by atoms with Crippen LogP contribution in [0, 0.1) is 0 Å². The van der Waals surface area contributed by atoms with Gasteiger partial charge < -0.3 is 9.30 Å². The third-order valence-corrected chi connectivity index (χ3v) is 5.19. The van der Waals surface area contributed by atoms with E-state index in [-0.39, 0.29) is 5.56 Å². The zero-order valence-electron chi connectivity index (χ0n) is 16.4. The summed E-state index contributed by atoms with van der Waals surface area (Å²) in [4.78, 5) is 22.3. The van der Waals surface area contributed by atoms with Crippen molar-refractivity contribution in [1.29, 1.82) is 0 Å². The molecule has 0 amide bonds. The van der Waals surface area contributed by atoms with E-state index in [0.29, 0.717) is 34.7 Å². The first kappa shape index (κ1) is 18.1. The monoisotopic (exact) mass is 397 g/mol. The lowest BCUT2D eigenvalue weighted by Crippen LogP contribution is -2.22. The van der Waals surface area contributed by atoms with E-state index >= 15 is 0 Å². The largest absolute Gasteiger partial charge is 0.496 e. The number of aryl methyl sites for hydroxylation is 2. The van der Waals surface area contributed by atoms with Gasteiger partial charge in [-0.1, -0.05) is 42.5 Å². The summed E-state index contributed by atoms with van der Waals surface area (Å²) in [7, 11) is 1.61. The molecule has 0 atom stereocenters. The van der Waals surface area contributed by atoms with Gasteiger partial charge in [0, 0.05) is 18.3 Å². The number of rotatable bonds is 5. The Balaban J connectivity index is 1.74. The minimum Gasteiger partial charge on any atom is -0.496 e. The molecule has 0 saturated heterocycles. The van der Waals surface area contributed by atoms with Crippen molar-refractivity contribution in [2.24, 2.45) is 0 Å². The quantitative estimate of drug-likeness (QED) is 0.455. The molecule has 0 spiro atoms. The number of para-hydroxylation sites is 1. The Morgan fingerprint density at radius 2 is 1.80 bits per heavy atom. The molecule has 0 aliphatic carbocycles. The second-order valence-corrected chi connectivity index (χ2v) is 6.94. The highest BCUT2D eigenvalue weighted by molar-refractivity contribution is 5.94. The first-order chi connectivity index (χ1) is 14.8. The Kier molecular flexibility index (Phi) is 4.48. The van der Waals surface area contributed by atoms with Gasteiger partial charge in [-0.05, 0) is 30.2 Å². The lowest BCUT2D eigenvalue weighted by Gasteiger charge is -2.13. The molecule has 30 heavy (non-hydrogen) atoms. The molecule has 5 aromatic rings. The molecule has 7 nitrogen and oxygen atoms in total. The van der Waals surface area contributed by atoms with E-state index in [1.165, 1.54) is 11.9 Å². The van der Waals surface area contributed by atoms with Crippen molar-refractivity contribution in [1.82, 2.24) is 24.1 Å². The van der Waals surface area contributed by atoms with Gasteiger partial charge in [0.25, 0.3) is 11.3 Å². The molecule has 3 heterocycles. The highest BCUT2D eigenvalue weighted by Gasteiger charge is 2.19. The standard InChI is InChI=1S/C23H19N5O2/c1-30-19-10-6-5-9-17(19)21-20-18(26-23-24-15-25-28(21)23)12-14-27(22(20)29)13-11-16-7-3-2-4-8-16/h2-10,12,14-15H,11,13H2,1H3. The van der Waals surface area contributed by atoms with E-state index in [0.717, 1.165) is 12.0 Å². The molecule has 0 bridgehead atoms. The van der Waals surface area contributed by atoms with Gasteiger partial charge in [-0.3, -0.25) is 4.79 Å². The van der Waals surface area contributed by atoms with E-state index in [9.17, 15) is 4.79 Å². The maximum Gasteiger partial charge on any atom is 0.262 e. The van der Waals surface area contributed by atoms with Crippen LogP contribution in [0.5, 0.6) is 5.75 Å². The molecule has 0 N–H and O–H groups in total. The van der Waals surface area contributed by atoms with Crippen molar-refractivity contribution < 1.29 is 4.74 Å². The maximum absolute atomic E-state index is 13.5. The van der Waals surface area contributed by atoms with E-state index in [1.54, 1.807) is 22.4 Å². The molecular formula is C23H19N5O2. The summed E-state index contributed by atoms with van der Waals surface area (Å²) in [6, 6.07) is 19.5. The molecule has 0 fully saturated rings. The number of nitrogens with zero attached hydrogens (tertiary/aromatic N) is 5. The molecular weight excluding hydrogens is 378 g/mol. The van der Waals surface area contributed by atoms with Gasteiger partial charge in [-0.2, -0.15) is 14.6 Å². The van der Waals surface area contributed by atoms with Gasteiger partial charge in [-0.15, -0.1) is 0 Å². The molecule has 2 aromatic carbocycles. The van der Waals surface area contributed by atoms with E-state index in [2.05, 4.69) is 27.2 Å². The van der Waals surface area contributed by atoms with E-state index < -0.39 is 0 Å². The van der Waals surface area contributed by atoms with Crippen LogP contribution in [0.4, 0.5) is 0 Å². The van der Waals surface area contributed by atoms with Crippen molar-refractivity contribution in [2.75, 3.05) is 7.11 Å². The van der Waals surface area contributed by atoms with Crippen molar-refractivity contribution in [3.05, 3.63) is 89.1 Å². The summed E-state index contributed by atoms with van der Waals surface area (Å²) in [6.45, 7) is 0.569. The Morgan fingerprint density at radius 1 is 1.00 bits per heavy atom. The fraction of sp³-hybridized carbons (Fsp3) is 0.130. The summed E-state index contributed by atoms with van der Waals surface area (Å²) in [6.07, 6.45) is 3.99. The Morgan fingerprint density at radius 3 is 2.63 bits per heavy atom. The number of pyridine rings is 1. The lowest BCUT2D eigenvalue weighted by atomic mass is 10.1. The number of benzene rings is 2. The zero-order chi connectivity index (χ0) is 20.5. The van der Waals surface area contributed by atoms with Crippen molar-refractivity contribution in [2.45, 2.75) is 13.0 Å². The van der Waals surface area contributed by atoms with Crippen LogP contribution in [0.1, 0.15) is 5.56 Å². The van der Waals surface area contributed by atoms with Crippen LogP contribution >= 0.6 is 0 Å². The molecule has 7 heteroatoms. The SMILES string of the molecule is COc1ccccc1-c1c2c(=O)n(CCc3ccccc3)ccc2nc2ncnn12. The minimum absolute atomic E-state index is 0.116. The fourth-order valence-electron chi connectivity index (χ4n) is 3.72. The van der Waals surface area contributed by atoms with E-state index in [4.69, 9.17) is 4.74 Å². The minimum atomic E-state index is -0.116. The lowest BCUT2D eigenvalue weighted by molar-refractivity contribution is 0.416. The van der Waals surface area contributed by atoms with E-state index in [1.807, 2.05) is 48.5 Å².